The topological polar surface area (TPSA) is 86.1 Å². The van der Waals surface area contributed by atoms with Crippen molar-refractivity contribution in [1.29, 1.82) is 0 Å². The number of rotatable bonds is 5. The Morgan fingerprint density at radius 2 is 2.35 bits per heavy atom. The lowest BCUT2D eigenvalue weighted by molar-refractivity contribution is -0.122. The van der Waals surface area contributed by atoms with Crippen LogP contribution in [-0.2, 0) is 28.9 Å². The summed E-state index contributed by atoms with van der Waals surface area (Å²) in [6, 6.07) is 0. The highest BCUT2D eigenvalue weighted by atomic mass is 32.1. The molecular formula is C15H20N4O3S. The second-order valence-corrected chi connectivity index (χ2v) is 7.01. The zero-order chi connectivity index (χ0) is 16.4. The fourth-order valence-corrected chi connectivity index (χ4v) is 4.20. The first-order valence-corrected chi connectivity index (χ1v) is 8.55. The summed E-state index contributed by atoms with van der Waals surface area (Å²) < 4.78 is 6.02. The van der Waals surface area contributed by atoms with Crippen molar-refractivity contribution in [3.63, 3.8) is 0 Å². The number of hydrogen-bond donors (Lipinski definition) is 1. The molecule has 0 spiro atoms. The molecule has 7 nitrogen and oxygen atoms in total. The second-order valence-electron chi connectivity index (χ2n) is 5.93. The van der Waals surface area contributed by atoms with Gasteiger partial charge < -0.3 is 10.1 Å². The van der Waals surface area contributed by atoms with Crippen LogP contribution in [0.25, 0.3) is 10.2 Å². The Morgan fingerprint density at radius 3 is 3.13 bits per heavy atom. The Balaban J connectivity index is 1.87. The first-order valence-electron chi connectivity index (χ1n) is 7.73. The van der Waals surface area contributed by atoms with Crippen LogP contribution in [0.5, 0.6) is 0 Å². The standard InChI is InChI=1S/C15H20N4O3S/c1-9-3-4-10-11(7-9)23-14-13(10)15(21)19(18-17-14)8-12(20)16-5-6-22-2/h9H,3-8H2,1-2H3,(H,16,20)/t9-/m1/s1. The molecular weight excluding hydrogens is 316 g/mol. The first kappa shape index (κ1) is 16.1. The number of hydrogen-bond acceptors (Lipinski definition) is 6. The summed E-state index contributed by atoms with van der Waals surface area (Å²) in [4.78, 5) is 26.5. The van der Waals surface area contributed by atoms with Crippen molar-refractivity contribution in [1.82, 2.24) is 20.3 Å². The summed E-state index contributed by atoms with van der Waals surface area (Å²) in [6.45, 7) is 2.95. The molecule has 8 heteroatoms. The number of thiophene rings is 1. The maximum atomic E-state index is 12.7. The smallest absolute Gasteiger partial charge is 0.279 e. The van der Waals surface area contributed by atoms with Crippen molar-refractivity contribution in [2.45, 2.75) is 32.7 Å². The number of fused-ring (bicyclic) bond motifs is 3. The summed E-state index contributed by atoms with van der Waals surface area (Å²) in [5, 5.41) is 11.4. The van der Waals surface area contributed by atoms with E-state index in [2.05, 4.69) is 22.6 Å². The van der Waals surface area contributed by atoms with Crippen LogP contribution >= 0.6 is 11.3 Å². The van der Waals surface area contributed by atoms with E-state index in [0.29, 0.717) is 29.3 Å². The van der Waals surface area contributed by atoms with E-state index in [1.54, 1.807) is 18.4 Å². The molecule has 0 unspecified atom stereocenters. The third-order valence-corrected chi connectivity index (χ3v) is 5.25. The van der Waals surface area contributed by atoms with Crippen molar-refractivity contribution in [2.24, 2.45) is 5.92 Å². The minimum Gasteiger partial charge on any atom is -0.383 e. The molecule has 23 heavy (non-hydrogen) atoms. The molecule has 3 rings (SSSR count). The van der Waals surface area contributed by atoms with Gasteiger partial charge in [0.1, 0.15) is 6.54 Å². The van der Waals surface area contributed by atoms with Gasteiger partial charge in [-0.1, -0.05) is 12.1 Å². The monoisotopic (exact) mass is 336 g/mol. The summed E-state index contributed by atoms with van der Waals surface area (Å²) >= 11 is 1.56. The molecule has 124 valence electrons. The lowest BCUT2D eigenvalue weighted by Gasteiger charge is -2.17. The number of aromatic nitrogens is 3. The van der Waals surface area contributed by atoms with Crippen LogP contribution in [-0.4, -0.2) is 41.2 Å². The van der Waals surface area contributed by atoms with Gasteiger partial charge in [-0.05, 0) is 30.7 Å². The SMILES string of the molecule is COCCNC(=O)Cn1nnc2sc3c(c2c1=O)CC[C@@H](C)C3. The lowest BCUT2D eigenvalue weighted by Crippen LogP contribution is -2.35. The quantitative estimate of drug-likeness (QED) is 0.814. The molecule has 2 heterocycles. The van der Waals surface area contributed by atoms with E-state index in [4.69, 9.17) is 4.74 Å². The molecule has 0 saturated heterocycles. The molecule has 1 aliphatic rings. The zero-order valence-electron chi connectivity index (χ0n) is 13.3. The van der Waals surface area contributed by atoms with E-state index in [0.717, 1.165) is 29.5 Å². The molecule has 0 aromatic carbocycles. The van der Waals surface area contributed by atoms with Gasteiger partial charge in [0, 0.05) is 18.5 Å². The number of amides is 1. The van der Waals surface area contributed by atoms with Gasteiger partial charge in [-0.3, -0.25) is 9.59 Å². The molecule has 0 bridgehead atoms. The summed E-state index contributed by atoms with van der Waals surface area (Å²) in [7, 11) is 1.57. The fraction of sp³-hybridized carbons (Fsp3) is 0.600. The van der Waals surface area contributed by atoms with E-state index in [1.165, 1.54) is 4.88 Å². The van der Waals surface area contributed by atoms with Crippen molar-refractivity contribution < 1.29 is 9.53 Å². The van der Waals surface area contributed by atoms with Crippen LogP contribution in [0.2, 0.25) is 0 Å². The van der Waals surface area contributed by atoms with Gasteiger partial charge in [-0.2, -0.15) is 0 Å². The lowest BCUT2D eigenvalue weighted by atomic mass is 9.89. The largest absolute Gasteiger partial charge is 0.383 e. The summed E-state index contributed by atoms with van der Waals surface area (Å²) in [5.74, 6) is 0.368. The van der Waals surface area contributed by atoms with Crippen LogP contribution in [0.1, 0.15) is 23.8 Å². The summed E-state index contributed by atoms with van der Waals surface area (Å²) in [6.07, 6.45) is 2.98. The van der Waals surface area contributed by atoms with Crippen molar-refractivity contribution >= 4 is 27.5 Å². The highest BCUT2D eigenvalue weighted by Crippen LogP contribution is 2.35. The molecule has 0 aliphatic heterocycles. The number of nitrogens with zero attached hydrogens (tertiary/aromatic N) is 3. The second kappa shape index (κ2) is 6.76. The van der Waals surface area contributed by atoms with Crippen LogP contribution in [0, 0.1) is 5.92 Å². The molecule has 1 aliphatic carbocycles. The highest BCUT2D eigenvalue weighted by molar-refractivity contribution is 7.18. The van der Waals surface area contributed by atoms with Crippen molar-refractivity contribution in [2.75, 3.05) is 20.3 Å². The highest BCUT2D eigenvalue weighted by Gasteiger charge is 2.23. The number of methoxy groups -OCH3 is 1. The minimum atomic E-state index is -0.268. The van der Waals surface area contributed by atoms with Gasteiger partial charge in [0.15, 0.2) is 4.83 Å². The molecule has 1 amide bonds. The molecule has 1 atom stereocenters. The Hall–Kier alpha value is -1.80. The molecule has 0 fully saturated rings. The van der Waals surface area contributed by atoms with Gasteiger partial charge in [0.25, 0.3) is 5.56 Å². The fourth-order valence-electron chi connectivity index (χ4n) is 2.88. The van der Waals surface area contributed by atoms with Crippen LogP contribution in [0.3, 0.4) is 0 Å². The first-order chi connectivity index (χ1) is 11.1. The molecule has 1 N–H and O–H groups in total. The van der Waals surface area contributed by atoms with E-state index < -0.39 is 0 Å². The minimum absolute atomic E-state index is 0.119. The van der Waals surface area contributed by atoms with E-state index in [1.807, 2.05) is 0 Å². The van der Waals surface area contributed by atoms with E-state index in [9.17, 15) is 9.59 Å². The Labute approximate surface area is 137 Å². The average Bonchev–Trinajstić information content (AvgIpc) is 2.88. The molecule has 2 aromatic rings. The predicted molar refractivity (Wildman–Crippen MR) is 87.7 cm³/mol. The molecule has 2 aromatic heterocycles. The predicted octanol–water partition coefficient (Wildman–Crippen LogP) is 0.740. The normalized spacial score (nSPS) is 17.2. The maximum absolute atomic E-state index is 12.7. The number of carbonyl (C=O) groups excluding carboxylic acids is 1. The number of nitrogens with one attached hydrogen (secondary N) is 1. The van der Waals surface area contributed by atoms with Crippen LogP contribution in [0.4, 0.5) is 0 Å². The number of aryl methyl sites for hydroxylation is 1. The molecule has 0 saturated carbocycles. The number of ether oxygens (including phenoxy) is 1. The number of carbonyl (C=O) groups is 1. The molecule has 0 radical (unpaired) electrons. The van der Waals surface area contributed by atoms with Crippen LogP contribution < -0.4 is 10.9 Å². The van der Waals surface area contributed by atoms with Gasteiger partial charge >= 0.3 is 0 Å². The van der Waals surface area contributed by atoms with E-state index in [-0.39, 0.29) is 18.0 Å². The van der Waals surface area contributed by atoms with Gasteiger partial charge in [-0.25, -0.2) is 4.68 Å². The maximum Gasteiger partial charge on any atom is 0.279 e. The Bertz CT molecular complexity index is 783. The zero-order valence-corrected chi connectivity index (χ0v) is 14.1. The van der Waals surface area contributed by atoms with Crippen LogP contribution in [0.15, 0.2) is 4.79 Å². The van der Waals surface area contributed by atoms with Gasteiger partial charge in [0.05, 0.1) is 12.0 Å². The van der Waals surface area contributed by atoms with Gasteiger partial charge in [0.2, 0.25) is 5.91 Å². The van der Waals surface area contributed by atoms with Crippen molar-refractivity contribution in [3.05, 3.63) is 20.8 Å². The summed E-state index contributed by atoms with van der Waals surface area (Å²) in [5.41, 5.74) is 0.889. The Morgan fingerprint density at radius 1 is 1.52 bits per heavy atom. The van der Waals surface area contributed by atoms with Crippen molar-refractivity contribution in [3.8, 4) is 0 Å². The third-order valence-electron chi connectivity index (χ3n) is 4.11. The third kappa shape index (κ3) is 3.28. The Kier molecular flexibility index (Phi) is 4.72. The van der Waals surface area contributed by atoms with E-state index >= 15 is 0 Å². The van der Waals surface area contributed by atoms with Gasteiger partial charge in [-0.15, -0.1) is 16.4 Å². The average molecular weight is 336 g/mol.